The van der Waals surface area contributed by atoms with Crippen LogP contribution in [0.3, 0.4) is 0 Å². The minimum atomic E-state index is -4.46. The highest BCUT2D eigenvalue weighted by Crippen LogP contribution is 2.46. The fourth-order valence-electron chi connectivity index (χ4n) is 3.66. The van der Waals surface area contributed by atoms with E-state index in [9.17, 15) is 18.3 Å². The van der Waals surface area contributed by atoms with Gasteiger partial charge in [0.2, 0.25) is 0 Å². The summed E-state index contributed by atoms with van der Waals surface area (Å²) in [6.07, 6.45) is -2.61. The first-order valence-corrected chi connectivity index (χ1v) is 8.69. The van der Waals surface area contributed by atoms with E-state index in [0.29, 0.717) is 17.7 Å². The molecule has 0 saturated carbocycles. The largest absolute Gasteiger partial charge is 0.507 e. The molecule has 146 valence electrons. The first-order chi connectivity index (χ1) is 12.6. The highest BCUT2D eigenvalue weighted by atomic mass is 19.4. The number of rotatable bonds is 3. The van der Waals surface area contributed by atoms with Crippen molar-refractivity contribution in [2.75, 3.05) is 12.3 Å². The van der Waals surface area contributed by atoms with Crippen LogP contribution in [0.25, 0.3) is 11.8 Å². The number of aromatic nitrogens is 1. The van der Waals surface area contributed by atoms with Crippen LogP contribution in [-0.4, -0.2) is 33.8 Å². The molecule has 0 aliphatic carbocycles. The Morgan fingerprint density at radius 3 is 2.59 bits per heavy atom. The van der Waals surface area contributed by atoms with Gasteiger partial charge in [0, 0.05) is 47.1 Å². The smallest absolute Gasteiger partial charge is 0.408 e. The van der Waals surface area contributed by atoms with Crippen molar-refractivity contribution in [3.05, 3.63) is 46.6 Å². The van der Waals surface area contributed by atoms with Gasteiger partial charge in [0.15, 0.2) is 0 Å². The molecular weight excluding hydrogens is 357 g/mol. The summed E-state index contributed by atoms with van der Waals surface area (Å²) in [4.78, 5) is 4.31. The molecule has 0 amide bonds. The first-order valence-electron chi connectivity index (χ1n) is 8.69. The van der Waals surface area contributed by atoms with E-state index in [0.717, 1.165) is 0 Å². The van der Waals surface area contributed by atoms with Crippen LogP contribution in [0.5, 0.6) is 5.75 Å². The molecule has 8 heteroatoms. The molecule has 0 saturated heterocycles. The molecule has 3 rings (SSSR count). The van der Waals surface area contributed by atoms with E-state index in [2.05, 4.69) is 4.98 Å². The summed E-state index contributed by atoms with van der Waals surface area (Å²) in [5.41, 5.74) is 13.4. The van der Waals surface area contributed by atoms with E-state index < -0.39 is 12.2 Å². The summed E-state index contributed by atoms with van der Waals surface area (Å²) in [6.45, 7) is 3.77. The van der Waals surface area contributed by atoms with Crippen molar-refractivity contribution >= 4 is 17.6 Å². The zero-order valence-electron chi connectivity index (χ0n) is 15.1. The lowest BCUT2D eigenvalue weighted by Crippen LogP contribution is -2.46. The average molecular weight is 380 g/mol. The standard InChI is InChI=1S/C19H23F3N4O/c1-10(2)26-8-7-14-16(17(26)19(20,21)22)12(18(24)25-14)9-13(23)11-5-3-4-6-15(11)27/h3-6,9-10,17,25,27H,7-8,23-24H2,1-2H3/b13-9-. The summed E-state index contributed by atoms with van der Waals surface area (Å²) < 4.78 is 41.9. The number of alkyl halides is 3. The number of anilines is 1. The lowest BCUT2D eigenvalue weighted by atomic mass is 9.92. The van der Waals surface area contributed by atoms with Crippen LogP contribution in [0.15, 0.2) is 24.3 Å². The Morgan fingerprint density at radius 2 is 2.00 bits per heavy atom. The highest BCUT2D eigenvalue weighted by molar-refractivity contribution is 5.86. The lowest BCUT2D eigenvalue weighted by Gasteiger charge is -2.39. The summed E-state index contributed by atoms with van der Waals surface area (Å²) >= 11 is 0. The van der Waals surface area contributed by atoms with Gasteiger partial charge >= 0.3 is 6.18 Å². The Balaban J connectivity index is 2.16. The van der Waals surface area contributed by atoms with Gasteiger partial charge in [-0.2, -0.15) is 13.2 Å². The van der Waals surface area contributed by atoms with Crippen molar-refractivity contribution in [2.45, 2.75) is 38.5 Å². The molecule has 0 fully saturated rings. The number of benzene rings is 1. The van der Waals surface area contributed by atoms with Gasteiger partial charge in [-0.15, -0.1) is 0 Å². The number of hydrogen-bond donors (Lipinski definition) is 4. The number of aromatic amines is 1. The number of nitrogens with two attached hydrogens (primary N) is 2. The van der Waals surface area contributed by atoms with Crippen molar-refractivity contribution in [1.82, 2.24) is 9.88 Å². The monoisotopic (exact) mass is 380 g/mol. The third-order valence-electron chi connectivity index (χ3n) is 4.90. The third-order valence-corrected chi connectivity index (χ3v) is 4.90. The Labute approximate surface area is 155 Å². The van der Waals surface area contributed by atoms with Crippen molar-refractivity contribution in [3.8, 4) is 5.75 Å². The predicted octanol–water partition coefficient (Wildman–Crippen LogP) is 3.63. The maximum absolute atomic E-state index is 14.0. The highest BCUT2D eigenvalue weighted by Gasteiger charge is 2.49. The number of nitrogen functional groups attached to an aromatic ring is 1. The van der Waals surface area contributed by atoms with Gasteiger partial charge in [-0.05, 0) is 32.1 Å². The topological polar surface area (TPSA) is 91.3 Å². The van der Waals surface area contributed by atoms with Gasteiger partial charge in [-0.25, -0.2) is 0 Å². The minimum absolute atomic E-state index is 0.0506. The van der Waals surface area contributed by atoms with E-state index in [4.69, 9.17) is 11.5 Å². The molecule has 0 spiro atoms. The molecule has 6 N–H and O–H groups in total. The average Bonchev–Trinajstić information content (AvgIpc) is 2.88. The normalized spacial score (nSPS) is 18.7. The molecule has 0 radical (unpaired) electrons. The minimum Gasteiger partial charge on any atom is -0.507 e. The second-order valence-electron chi connectivity index (χ2n) is 6.99. The van der Waals surface area contributed by atoms with Crippen LogP contribution in [0.2, 0.25) is 0 Å². The van der Waals surface area contributed by atoms with Gasteiger partial charge in [-0.1, -0.05) is 12.1 Å². The van der Waals surface area contributed by atoms with Gasteiger partial charge in [0.1, 0.15) is 17.6 Å². The van der Waals surface area contributed by atoms with Gasteiger partial charge < -0.3 is 21.6 Å². The number of aromatic hydroxyl groups is 1. The number of hydrogen-bond acceptors (Lipinski definition) is 4. The Hall–Kier alpha value is -2.61. The number of halogens is 3. The van der Waals surface area contributed by atoms with Crippen molar-refractivity contribution in [1.29, 1.82) is 0 Å². The van der Waals surface area contributed by atoms with Gasteiger partial charge in [0.05, 0.1) is 0 Å². The van der Waals surface area contributed by atoms with Crippen LogP contribution in [0, 0.1) is 0 Å². The van der Waals surface area contributed by atoms with Crippen LogP contribution in [0.4, 0.5) is 19.0 Å². The molecule has 1 aliphatic heterocycles. The second-order valence-corrected chi connectivity index (χ2v) is 6.99. The Bertz CT molecular complexity index is 870. The van der Waals surface area contributed by atoms with Crippen LogP contribution in [-0.2, 0) is 6.42 Å². The summed E-state index contributed by atoms with van der Waals surface area (Å²) in [5.74, 6) is 0.0867. The number of phenols is 1. The predicted molar refractivity (Wildman–Crippen MR) is 99.7 cm³/mol. The van der Waals surface area contributed by atoms with E-state index in [1.165, 1.54) is 17.0 Å². The van der Waals surface area contributed by atoms with E-state index >= 15 is 0 Å². The lowest BCUT2D eigenvalue weighted by molar-refractivity contribution is -0.193. The van der Waals surface area contributed by atoms with Crippen molar-refractivity contribution < 1.29 is 18.3 Å². The Morgan fingerprint density at radius 1 is 1.33 bits per heavy atom. The second kappa shape index (κ2) is 6.84. The zero-order chi connectivity index (χ0) is 19.9. The third kappa shape index (κ3) is 3.49. The Kier molecular flexibility index (Phi) is 4.86. The number of H-pyrrole nitrogens is 1. The molecule has 2 heterocycles. The molecule has 1 aromatic carbocycles. The molecule has 1 aliphatic rings. The maximum atomic E-state index is 14.0. The number of nitrogens with one attached hydrogen (secondary N) is 1. The molecule has 1 unspecified atom stereocenters. The van der Waals surface area contributed by atoms with Crippen molar-refractivity contribution in [3.63, 3.8) is 0 Å². The zero-order valence-corrected chi connectivity index (χ0v) is 15.1. The van der Waals surface area contributed by atoms with Gasteiger partial charge in [0.25, 0.3) is 0 Å². The number of nitrogens with zero attached hydrogens (tertiary/aromatic N) is 1. The fraction of sp³-hybridized carbons (Fsp3) is 0.368. The van der Waals surface area contributed by atoms with Gasteiger partial charge in [-0.3, -0.25) is 4.90 Å². The van der Waals surface area contributed by atoms with E-state index in [-0.39, 0.29) is 41.0 Å². The molecule has 0 bridgehead atoms. The van der Waals surface area contributed by atoms with E-state index in [1.54, 1.807) is 32.0 Å². The SMILES string of the molecule is CC(C)N1CCc2[nH]c(N)c(/C=C(\N)c3ccccc3O)c2C1C(F)(F)F. The molecule has 1 atom stereocenters. The number of phenolic OH excluding ortho intramolecular Hbond substituents is 1. The summed E-state index contributed by atoms with van der Waals surface area (Å²) in [7, 11) is 0. The molecule has 2 aromatic rings. The van der Waals surface area contributed by atoms with Crippen LogP contribution < -0.4 is 11.5 Å². The molecule has 1 aromatic heterocycles. The van der Waals surface area contributed by atoms with Crippen molar-refractivity contribution in [2.24, 2.45) is 5.73 Å². The fourth-order valence-corrected chi connectivity index (χ4v) is 3.66. The maximum Gasteiger partial charge on any atom is 0.408 e. The quantitative estimate of drug-likeness (QED) is 0.654. The molecular formula is C19H23F3N4O. The number of para-hydroxylation sites is 1. The summed E-state index contributed by atoms with van der Waals surface area (Å²) in [6, 6.07) is 4.33. The molecule has 5 nitrogen and oxygen atoms in total. The van der Waals surface area contributed by atoms with E-state index in [1.807, 2.05) is 0 Å². The van der Waals surface area contributed by atoms with Crippen LogP contribution in [0.1, 0.15) is 42.3 Å². The summed E-state index contributed by atoms with van der Waals surface area (Å²) in [5, 5.41) is 9.97. The number of fused-ring (bicyclic) bond motifs is 1. The van der Waals surface area contributed by atoms with Crippen LogP contribution >= 0.6 is 0 Å². The molecule has 27 heavy (non-hydrogen) atoms. The first kappa shape index (κ1) is 19.2.